The Kier molecular flexibility index (Phi) is 3.37. The van der Waals surface area contributed by atoms with Gasteiger partial charge in [0.1, 0.15) is 0 Å². The summed E-state index contributed by atoms with van der Waals surface area (Å²) in [7, 11) is 0. The second kappa shape index (κ2) is 4.94. The van der Waals surface area contributed by atoms with Crippen molar-refractivity contribution in [3.05, 3.63) is 47.6 Å². The number of rotatable bonds is 3. The molecule has 4 heteroatoms. The van der Waals surface area contributed by atoms with E-state index in [0.717, 1.165) is 18.1 Å². The monoisotopic (exact) mass is 233 g/mol. The fourth-order valence-corrected chi connectivity index (χ4v) is 1.64. The van der Waals surface area contributed by atoms with Crippen molar-refractivity contribution < 1.29 is 0 Å². The Labute approximate surface area is 99.7 Å². The molecule has 1 heterocycles. The molecule has 0 unspecified atom stereocenters. The van der Waals surface area contributed by atoms with Crippen molar-refractivity contribution in [2.45, 2.75) is 6.92 Å². The normalized spacial score (nSPS) is 10.1. The van der Waals surface area contributed by atoms with E-state index in [2.05, 4.69) is 22.0 Å². The third-order valence-corrected chi connectivity index (χ3v) is 2.48. The first-order valence-electron chi connectivity index (χ1n) is 5.13. The molecule has 0 aliphatic rings. The highest BCUT2D eigenvalue weighted by molar-refractivity contribution is 6.29. The third kappa shape index (κ3) is 2.31. The standard InChI is InChI=1S/C12H12ClN3/c1-2-16(10-6-4-3-5-7-10)12-9-8-11(13)14-15-12/h3-9H,2H2,1H3. The summed E-state index contributed by atoms with van der Waals surface area (Å²) in [5.74, 6) is 0.804. The molecule has 0 aliphatic heterocycles. The van der Waals surface area contributed by atoms with Gasteiger partial charge >= 0.3 is 0 Å². The maximum atomic E-state index is 5.71. The Bertz CT molecular complexity index is 442. The number of nitrogens with zero attached hydrogens (tertiary/aromatic N) is 3. The Morgan fingerprint density at radius 1 is 1.06 bits per heavy atom. The van der Waals surface area contributed by atoms with Gasteiger partial charge in [0.15, 0.2) is 11.0 Å². The van der Waals surface area contributed by atoms with Crippen LogP contribution in [0, 0.1) is 0 Å². The maximum absolute atomic E-state index is 5.71. The van der Waals surface area contributed by atoms with E-state index in [1.54, 1.807) is 6.07 Å². The summed E-state index contributed by atoms with van der Waals surface area (Å²) in [5.41, 5.74) is 1.10. The highest BCUT2D eigenvalue weighted by Gasteiger charge is 2.07. The molecule has 2 aromatic rings. The predicted molar refractivity (Wildman–Crippen MR) is 66.2 cm³/mol. The van der Waals surface area contributed by atoms with Crippen LogP contribution in [0.25, 0.3) is 0 Å². The molecule has 1 aromatic carbocycles. The fraction of sp³-hybridized carbons (Fsp3) is 0.167. The molecule has 0 N–H and O–H groups in total. The van der Waals surface area contributed by atoms with Gasteiger partial charge in [-0.1, -0.05) is 29.8 Å². The number of benzene rings is 1. The fourth-order valence-electron chi connectivity index (χ4n) is 1.54. The Balaban J connectivity index is 2.33. The molecule has 1 aromatic heterocycles. The largest absolute Gasteiger partial charge is 0.325 e. The van der Waals surface area contributed by atoms with E-state index in [-0.39, 0.29) is 0 Å². The molecule has 82 valence electrons. The van der Waals surface area contributed by atoms with Crippen molar-refractivity contribution in [2.24, 2.45) is 0 Å². The topological polar surface area (TPSA) is 29.0 Å². The van der Waals surface area contributed by atoms with E-state index in [4.69, 9.17) is 11.6 Å². The van der Waals surface area contributed by atoms with Gasteiger partial charge in [-0.25, -0.2) is 0 Å². The third-order valence-electron chi connectivity index (χ3n) is 2.28. The summed E-state index contributed by atoms with van der Waals surface area (Å²) in [5, 5.41) is 8.33. The van der Waals surface area contributed by atoms with E-state index in [0.29, 0.717) is 5.15 Å². The van der Waals surface area contributed by atoms with Crippen molar-refractivity contribution in [1.29, 1.82) is 0 Å². The Morgan fingerprint density at radius 3 is 2.38 bits per heavy atom. The SMILES string of the molecule is CCN(c1ccccc1)c1ccc(Cl)nn1. The highest BCUT2D eigenvalue weighted by Crippen LogP contribution is 2.22. The number of hydrogen-bond acceptors (Lipinski definition) is 3. The summed E-state index contributed by atoms with van der Waals surface area (Å²) in [6.07, 6.45) is 0. The molecule has 0 saturated carbocycles. The zero-order valence-corrected chi connectivity index (χ0v) is 9.72. The molecule has 0 spiro atoms. The number of hydrogen-bond donors (Lipinski definition) is 0. The van der Waals surface area contributed by atoms with Crippen LogP contribution >= 0.6 is 11.6 Å². The lowest BCUT2D eigenvalue weighted by molar-refractivity contribution is 0.932. The Morgan fingerprint density at radius 2 is 1.81 bits per heavy atom. The van der Waals surface area contributed by atoms with Gasteiger partial charge in [0.05, 0.1) is 0 Å². The molecule has 0 amide bonds. The highest BCUT2D eigenvalue weighted by atomic mass is 35.5. The van der Waals surface area contributed by atoms with Crippen LogP contribution in [0.1, 0.15) is 6.92 Å². The van der Waals surface area contributed by atoms with Gasteiger partial charge in [-0.15, -0.1) is 10.2 Å². The molecule has 2 rings (SSSR count). The molecule has 0 saturated heterocycles. The number of halogens is 1. The van der Waals surface area contributed by atoms with Crippen LogP contribution in [0.4, 0.5) is 11.5 Å². The smallest absolute Gasteiger partial charge is 0.155 e. The molecular formula is C12H12ClN3. The van der Waals surface area contributed by atoms with Crippen LogP contribution in [0.15, 0.2) is 42.5 Å². The van der Waals surface area contributed by atoms with Gasteiger partial charge in [-0.05, 0) is 31.2 Å². The van der Waals surface area contributed by atoms with E-state index < -0.39 is 0 Å². The molecule has 0 radical (unpaired) electrons. The first kappa shape index (κ1) is 10.9. The van der Waals surface area contributed by atoms with E-state index in [9.17, 15) is 0 Å². The van der Waals surface area contributed by atoms with Crippen molar-refractivity contribution >= 4 is 23.1 Å². The second-order valence-electron chi connectivity index (χ2n) is 3.29. The van der Waals surface area contributed by atoms with Crippen molar-refractivity contribution in [1.82, 2.24) is 10.2 Å². The minimum Gasteiger partial charge on any atom is -0.325 e. The van der Waals surface area contributed by atoms with Gasteiger partial charge in [-0.3, -0.25) is 0 Å². The molecule has 0 fully saturated rings. The second-order valence-corrected chi connectivity index (χ2v) is 3.68. The van der Waals surface area contributed by atoms with Crippen molar-refractivity contribution in [3.63, 3.8) is 0 Å². The zero-order chi connectivity index (χ0) is 11.4. The van der Waals surface area contributed by atoms with Gasteiger partial charge < -0.3 is 4.90 Å². The lowest BCUT2D eigenvalue weighted by atomic mass is 10.3. The minimum absolute atomic E-state index is 0.410. The summed E-state index contributed by atoms with van der Waals surface area (Å²) in [6.45, 7) is 2.91. The predicted octanol–water partition coefficient (Wildman–Crippen LogP) is 3.29. The lowest BCUT2D eigenvalue weighted by Crippen LogP contribution is -2.17. The van der Waals surface area contributed by atoms with Crippen LogP contribution in [-0.2, 0) is 0 Å². The molecule has 16 heavy (non-hydrogen) atoms. The summed E-state index contributed by atoms with van der Waals surface area (Å²) in [6, 6.07) is 13.7. The molecule has 0 aliphatic carbocycles. The summed E-state index contributed by atoms with van der Waals surface area (Å²) < 4.78 is 0. The maximum Gasteiger partial charge on any atom is 0.155 e. The van der Waals surface area contributed by atoms with Crippen LogP contribution in [0.2, 0.25) is 5.15 Å². The van der Waals surface area contributed by atoms with E-state index >= 15 is 0 Å². The molecule has 0 bridgehead atoms. The van der Waals surface area contributed by atoms with Crippen molar-refractivity contribution in [3.8, 4) is 0 Å². The van der Waals surface area contributed by atoms with Crippen LogP contribution < -0.4 is 4.90 Å². The van der Waals surface area contributed by atoms with E-state index in [1.165, 1.54) is 0 Å². The molecular weight excluding hydrogens is 222 g/mol. The van der Waals surface area contributed by atoms with E-state index in [1.807, 2.05) is 36.4 Å². The lowest BCUT2D eigenvalue weighted by Gasteiger charge is -2.21. The first-order valence-corrected chi connectivity index (χ1v) is 5.51. The zero-order valence-electron chi connectivity index (χ0n) is 8.97. The first-order chi connectivity index (χ1) is 7.81. The van der Waals surface area contributed by atoms with Crippen LogP contribution in [0.5, 0.6) is 0 Å². The van der Waals surface area contributed by atoms with Crippen molar-refractivity contribution in [2.75, 3.05) is 11.4 Å². The van der Waals surface area contributed by atoms with Crippen LogP contribution in [-0.4, -0.2) is 16.7 Å². The summed E-state index contributed by atoms with van der Waals surface area (Å²) in [4.78, 5) is 2.07. The molecule has 0 atom stereocenters. The van der Waals surface area contributed by atoms with Gasteiger partial charge in [-0.2, -0.15) is 0 Å². The number of para-hydroxylation sites is 1. The van der Waals surface area contributed by atoms with Gasteiger partial charge in [0.2, 0.25) is 0 Å². The number of anilines is 2. The van der Waals surface area contributed by atoms with Crippen LogP contribution in [0.3, 0.4) is 0 Å². The quantitative estimate of drug-likeness (QED) is 0.815. The Hall–Kier alpha value is -1.61. The molecule has 3 nitrogen and oxygen atoms in total. The number of aromatic nitrogens is 2. The van der Waals surface area contributed by atoms with Gasteiger partial charge in [0, 0.05) is 12.2 Å². The summed E-state index contributed by atoms with van der Waals surface area (Å²) >= 11 is 5.71. The van der Waals surface area contributed by atoms with Gasteiger partial charge in [0.25, 0.3) is 0 Å². The average molecular weight is 234 g/mol. The average Bonchev–Trinajstić information content (AvgIpc) is 2.34. The minimum atomic E-state index is 0.410.